The standard InChI is InChI=1S/C20H19ClN4O/c1-14-9-10-16(12-18(14)21)25-11-5-7-17(25)13-22-24-20(26)23-19-8-4-3-6-15(19)2/h3-13H,1-2H3,(H2,23,24,26). The summed E-state index contributed by atoms with van der Waals surface area (Å²) < 4.78 is 1.94. The van der Waals surface area contributed by atoms with Crippen LogP contribution in [0.5, 0.6) is 0 Å². The van der Waals surface area contributed by atoms with E-state index in [9.17, 15) is 4.79 Å². The highest BCUT2D eigenvalue weighted by Gasteiger charge is 2.05. The maximum Gasteiger partial charge on any atom is 0.339 e. The van der Waals surface area contributed by atoms with E-state index in [1.165, 1.54) is 0 Å². The van der Waals surface area contributed by atoms with E-state index < -0.39 is 6.03 Å². The Kier molecular flexibility index (Phi) is 5.39. The fraction of sp³-hybridized carbons (Fsp3) is 0.100. The molecule has 0 unspecified atom stereocenters. The van der Waals surface area contributed by atoms with E-state index in [0.29, 0.717) is 5.02 Å². The van der Waals surface area contributed by atoms with Gasteiger partial charge in [0.1, 0.15) is 0 Å². The molecular formula is C20H19ClN4O. The Morgan fingerprint density at radius 3 is 2.65 bits per heavy atom. The second kappa shape index (κ2) is 7.89. The van der Waals surface area contributed by atoms with Crippen molar-refractivity contribution in [3.8, 4) is 5.69 Å². The first-order valence-electron chi connectivity index (χ1n) is 8.14. The Balaban J connectivity index is 1.68. The number of aromatic nitrogens is 1. The number of benzene rings is 2. The zero-order chi connectivity index (χ0) is 18.5. The molecule has 0 saturated heterocycles. The molecule has 0 bridgehead atoms. The zero-order valence-electron chi connectivity index (χ0n) is 14.5. The smallest absolute Gasteiger partial charge is 0.316 e. The van der Waals surface area contributed by atoms with E-state index in [0.717, 1.165) is 28.2 Å². The van der Waals surface area contributed by atoms with Crippen LogP contribution in [0.25, 0.3) is 5.69 Å². The molecule has 0 saturated carbocycles. The third-order valence-corrected chi connectivity index (χ3v) is 4.38. The van der Waals surface area contributed by atoms with Crippen molar-refractivity contribution < 1.29 is 4.79 Å². The van der Waals surface area contributed by atoms with Crippen LogP contribution in [0.4, 0.5) is 10.5 Å². The van der Waals surface area contributed by atoms with Gasteiger partial charge < -0.3 is 9.88 Å². The molecule has 1 heterocycles. The summed E-state index contributed by atoms with van der Waals surface area (Å²) in [5, 5.41) is 7.49. The third kappa shape index (κ3) is 4.13. The summed E-state index contributed by atoms with van der Waals surface area (Å²) in [6, 6.07) is 16.8. The first-order valence-corrected chi connectivity index (χ1v) is 8.52. The number of halogens is 1. The highest BCUT2D eigenvalue weighted by atomic mass is 35.5. The van der Waals surface area contributed by atoms with Crippen LogP contribution in [0, 0.1) is 13.8 Å². The van der Waals surface area contributed by atoms with Gasteiger partial charge >= 0.3 is 6.03 Å². The molecule has 3 aromatic rings. The molecule has 0 aliphatic heterocycles. The van der Waals surface area contributed by atoms with E-state index in [1.807, 2.05) is 79.2 Å². The van der Waals surface area contributed by atoms with Gasteiger partial charge in [0.05, 0.1) is 11.9 Å². The quantitative estimate of drug-likeness (QED) is 0.500. The molecule has 26 heavy (non-hydrogen) atoms. The summed E-state index contributed by atoms with van der Waals surface area (Å²) in [5.41, 5.74) is 6.98. The van der Waals surface area contributed by atoms with Gasteiger partial charge in [0.15, 0.2) is 0 Å². The molecule has 0 radical (unpaired) electrons. The minimum atomic E-state index is -0.396. The molecule has 0 fully saturated rings. The van der Waals surface area contributed by atoms with Crippen LogP contribution in [0.1, 0.15) is 16.8 Å². The van der Waals surface area contributed by atoms with E-state index in [1.54, 1.807) is 6.21 Å². The van der Waals surface area contributed by atoms with Gasteiger partial charge in [-0.25, -0.2) is 10.2 Å². The molecule has 0 aliphatic carbocycles. The second-order valence-electron chi connectivity index (χ2n) is 5.88. The maximum atomic E-state index is 12.0. The Labute approximate surface area is 157 Å². The second-order valence-corrected chi connectivity index (χ2v) is 6.28. The van der Waals surface area contributed by atoms with E-state index in [2.05, 4.69) is 15.8 Å². The molecule has 132 valence electrons. The maximum absolute atomic E-state index is 12.0. The van der Waals surface area contributed by atoms with Crippen molar-refractivity contribution in [2.75, 3.05) is 5.32 Å². The monoisotopic (exact) mass is 366 g/mol. The summed E-state index contributed by atoms with van der Waals surface area (Å²) in [5.74, 6) is 0. The molecule has 2 aromatic carbocycles. The Morgan fingerprint density at radius 1 is 1.08 bits per heavy atom. The Hall–Kier alpha value is -3.05. The first kappa shape index (κ1) is 17.8. The number of aryl methyl sites for hydroxylation is 2. The van der Waals surface area contributed by atoms with Gasteiger partial charge in [-0.15, -0.1) is 0 Å². The van der Waals surface area contributed by atoms with Gasteiger partial charge in [0.25, 0.3) is 0 Å². The summed E-state index contributed by atoms with van der Waals surface area (Å²) in [6.07, 6.45) is 3.50. The van der Waals surface area contributed by atoms with E-state index in [-0.39, 0.29) is 0 Å². The van der Waals surface area contributed by atoms with Crippen LogP contribution >= 0.6 is 11.6 Å². The number of nitrogens with one attached hydrogen (secondary N) is 2. The lowest BCUT2D eigenvalue weighted by Crippen LogP contribution is -2.24. The van der Waals surface area contributed by atoms with Crippen molar-refractivity contribution in [1.82, 2.24) is 9.99 Å². The van der Waals surface area contributed by atoms with E-state index >= 15 is 0 Å². The predicted octanol–water partition coefficient (Wildman–Crippen LogP) is 4.90. The number of hydrogen-bond donors (Lipinski definition) is 2. The molecule has 0 aliphatic rings. The third-order valence-electron chi connectivity index (χ3n) is 3.97. The lowest BCUT2D eigenvalue weighted by Gasteiger charge is -2.08. The number of para-hydroxylation sites is 1. The van der Waals surface area contributed by atoms with Gasteiger partial charge in [0.2, 0.25) is 0 Å². The van der Waals surface area contributed by atoms with Crippen LogP contribution < -0.4 is 10.7 Å². The van der Waals surface area contributed by atoms with Gasteiger partial charge in [-0.2, -0.15) is 5.10 Å². The van der Waals surface area contributed by atoms with Crippen LogP contribution in [0.15, 0.2) is 65.9 Å². The van der Waals surface area contributed by atoms with E-state index in [4.69, 9.17) is 11.6 Å². The van der Waals surface area contributed by atoms with Crippen molar-refractivity contribution in [1.29, 1.82) is 0 Å². The Morgan fingerprint density at radius 2 is 1.88 bits per heavy atom. The highest BCUT2D eigenvalue weighted by Crippen LogP contribution is 2.20. The lowest BCUT2D eigenvalue weighted by atomic mass is 10.2. The molecule has 6 heteroatoms. The average Bonchev–Trinajstić information content (AvgIpc) is 3.08. The van der Waals surface area contributed by atoms with Crippen molar-refractivity contribution >= 4 is 29.5 Å². The summed E-state index contributed by atoms with van der Waals surface area (Å²) in [6.45, 7) is 3.89. The summed E-state index contributed by atoms with van der Waals surface area (Å²) in [4.78, 5) is 12.0. The van der Waals surface area contributed by atoms with Gasteiger partial charge in [0, 0.05) is 22.6 Å². The van der Waals surface area contributed by atoms with Gasteiger partial charge in [-0.05, 0) is 55.3 Å². The van der Waals surface area contributed by atoms with Crippen LogP contribution in [0.3, 0.4) is 0 Å². The van der Waals surface area contributed by atoms with Crippen molar-refractivity contribution in [3.05, 3.63) is 82.6 Å². The van der Waals surface area contributed by atoms with Crippen molar-refractivity contribution in [2.24, 2.45) is 5.10 Å². The fourth-order valence-corrected chi connectivity index (χ4v) is 2.66. The van der Waals surface area contributed by atoms with Crippen LogP contribution in [-0.4, -0.2) is 16.8 Å². The summed E-state index contributed by atoms with van der Waals surface area (Å²) >= 11 is 6.21. The normalized spacial score (nSPS) is 10.9. The van der Waals surface area contributed by atoms with Gasteiger partial charge in [-0.1, -0.05) is 35.9 Å². The average molecular weight is 367 g/mol. The number of urea groups is 1. The SMILES string of the molecule is Cc1ccc(-n2cccc2C=NNC(=O)Nc2ccccc2C)cc1Cl. The number of carbonyl (C=O) groups excluding carboxylic acids is 1. The zero-order valence-corrected chi connectivity index (χ0v) is 15.3. The molecule has 5 nitrogen and oxygen atoms in total. The van der Waals surface area contributed by atoms with Crippen LogP contribution in [-0.2, 0) is 0 Å². The number of hydrogen-bond acceptors (Lipinski definition) is 2. The molecule has 0 atom stereocenters. The number of carbonyl (C=O) groups is 1. The molecule has 2 amide bonds. The number of anilines is 1. The molecule has 3 rings (SSSR count). The minimum absolute atomic E-state index is 0.396. The summed E-state index contributed by atoms with van der Waals surface area (Å²) in [7, 11) is 0. The van der Waals surface area contributed by atoms with Crippen LogP contribution in [0.2, 0.25) is 5.02 Å². The molecular weight excluding hydrogens is 348 g/mol. The number of amides is 2. The predicted molar refractivity (Wildman–Crippen MR) is 106 cm³/mol. The lowest BCUT2D eigenvalue weighted by molar-refractivity contribution is 0.252. The highest BCUT2D eigenvalue weighted by molar-refractivity contribution is 6.31. The van der Waals surface area contributed by atoms with Crippen molar-refractivity contribution in [2.45, 2.75) is 13.8 Å². The fourth-order valence-electron chi connectivity index (χ4n) is 2.49. The minimum Gasteiger partial charge on any atom is -0.316 e. The van der Waals surface area contributed by atoms with Gasteiger partial charge in [-0.3, -0.25) is 0 Å². The first-order chi connectivity index (χ1) is 12.5. The topological polar surface area (TPSA) is 58.4 Å². The molecule has 0 spiro atoms. The Bertz CT molecular complexity index is 962. The number of nitrogens with zero attached hydrogens (tertiary/aromatic N) is 2. The number of hydrazone groups is 1. The largest absolute Gasteiger partial charge is 0.339 e. The van der Waals surface area contributed by atoms with Crippen molar-refractivity contribution in [3.63, 3.8) is 0 Å². The number of rotatable bonds is 4. The molecule has 1 aromatic heterocycles. The molecule has 2 N–H and O–H groups in total.